The predicted octanol–water partition coefficient (Wildman–Crippen LogP) is 4.30. The van der Waals surface area contributed by atoms with Crippen LogP contribution in [0.5, 0.6) is 0 Å². The highest BCUT2D eigenvalue weighted by Crippen LogP contribution is 2.55. The summed E-state index contributed by atoms with van der Waals surface area (Å²) in [6.45, 7) is 0. The Morgan fingerprint density at radius 2 is 1.38 bits per heavy atom. The van der Waals surface area contributed by atoms with Gasteiger partial charge in [0, 0.05) is 6.42 Å². The van der Waals surface area contributed by atoms with E-state index in [9.17, 15) is 35.9 Å². The molecule has 2 heterocycles. The molecule has 0 saturated carbocycles. The minimum absolute atomic E-state index is 0.0462. The molecule has 178 valence electrons. The van der Waals surface area contributed by atoms with Crippen molar-refractivity contribution in [3.05, 3.63) is 92.6 Å². The van der Waals surface area contributed by atoms with Crippen molar-refractivity contribution in [2.75, 3.05) is 5.32 Å². The number of hydrogen-bond acceptors (Lipinski definition) is 4. The lowest BCUT2D eigenvalue weighted by molar-refractivity contribution is -0.301. The van der Waals surface area contributed by atoms with Crippen LogP contribution in [0.4, 0.5) is 32.2 Å². The second kappa shape index (κ2) is 8.19. The molecule has 6 nitrogen and oxygen atoms in total. The molecular weight excluding hydrogens is 466 g/mol. The molecule has 0 aliphatic carbocycles. The van der Waals surface area contributed by atoms with Crippen LogP contribution in [-0.4, -0.2) is 27.7 Å². The van der Waals surface area contributed by atoms with Crippen molar-refractivity contribution < 1.29 is 26.3 Å². The van der Waals surface area contributed by atoms with Crippen molar-refractivity contribution in [2.24, 2.45) is 4.99 Å². The van der Waals surface area contributed by atoms with E-state index in [1.165, 1.54) is 24.3 Å². The SMILES string of the molecule is O=c1[nH]c(=O)n(-c2ccccc2)c2c1C(C(F)(F)F)(C(F)(F)F)N=C(CCc1ccccc1)N2. The summed E-state index contributed by atoms with van der Waals surface area (Å²) >= 11 is 0. The molecule has 0 unspecified atom stereocenters. The Balaban J connectivity index is 2.00. The first-order chi connectivity index (χ1) is 16.0. The molecule has 0 saturated heterocycles. The van der Waals surface area contributed by atoms with Gasteiger partial charge in [-0.15, -0.1) is 0 Å². The second-order valence-electron chi connectivity index (χ2n) is 7.53. The third-order valence-corrected chi connectivity index (χ3v) is 5.37. The lowest BCUT2D eigenvalue weighted by Crippen LogP contribution is -2.59. The van der Waals surface area contributed by atoms with Gasteiger partial charge in [0.1, 0.15) is 17.2 Å². The number of para-hydroxylation sites is 1. The van der Waals surface area contributed by atoms with Gasteiger partial charge in [-0.3, -0.25) is 9.78 Å². The number of anilines is 1. The van der Waals surface area contributed by atoms with Crippen LogP contribution in [0.1, 0.15) is 17.5 Å². The van der Waals surface area contributed by atoms with Crippen LogP contribution in [0.3, 0.4) is 0 Å². The summed E-state index contributed by atoms with van der Waals surface area (Å²) in [6.07, 6.45) is -12.3. The Hall–Kier alpha value is -3.83. The van der Waals surface area contributed by atoms with E-state index in [4.69, 9.17) is 0 Å². The number of nitrogens with zero attached hydrogens (tertiary/aromatic N) is 2. The molecule has 2 N–H and O–H groups in total. The smallest absolute Gasteiger partial charge is 0.329 e. The molecule has 0 spiro atoms. The van der Waals surface area contributed by atoms with Gasteiger partial charge in [-0.25, -0.2) is 14.4 Å². The van der Waals surface area contributed by atoms with Crippen LogP contribution >= 0.6 is 0 Å². The van der Waals surface area contributed by atoms with Crippen LogP contribution in [0.25, 0.3) is 5.69 Å². The first-order valence-electron chi connectivity index (χ1n) is 9.94. The van der Waals surface area contributed by atoms with Crippen LogP contribution in [-0.2, 0) is 12.0 Å². The van der Waals surface area contributed by atoms with E-state index >= 15 is 0 Å². The fraction of sp³-hybridized carbons (Fsp3) is 0.227. The number of aromatic amines is 1. The van der Waals surface area contributed by atoms with E-state index in [2.05, 4.69) is 10.3 Å². The maximum absolute atomic E-state index is 14.2. The molecule has 0 fully saturated rings. The molecule has 3 aromatic rings. The molecule has 1 aliphatic heterocycles. The van der Waals surface area contributed by atoms with E-state index in [-0.39, 0.29) is 18.5 Å². The lowest BCUT2D eigenvalue weighted by atomic mass is 9.87. The topological polar surface area (TPSA) is 79.2 Å². The van der Waals surface area contributed by atoms with Gasteiger partial charge in [0.25, 0.3) is 11.1 Å². The van der Waals surface area contributed by atoms with Gasteiger partial charge in [-0.05, 0) is 24.1 Å². The van der Waals surface area contributed by atoms with Crippen molar-refractivity contribution in [2.45, 2.75) is 30.7 Å². The van der Waals surface area contributed by atoms with Gasteiger partial charge in [-0.1, -0.05) is 48.5 Å². The zero-order valence-electron chi connectivity index (χ0n) is 17.2. The molecule has 1 aromatic heterocycles. The first kappa shape index (κ1) is 23.3. The van der Waals surface area contributed by atoms with E-state index in [1.54, 1.807) is 41.4 Å². The van der Waals surface area contributed by atoms with Gasteiger partial charge >= 0.3 is 18.0 Å². The average molecular weight is 482 g/mol. The number of benzene rings is 2. The van der Waals surface area contributed by atoms with Crippen LogP contribution < -0.4 is 16.6 Å². The summed E-state index contributed by atoms with van der Waals surface area (Å²) in [5, 5.41) is 2.41. The number of rotatable bonds is 4. The molecule has 12 heteroatoms. The first-order valence-corrected chi connectivity index (χ1v) is 9.94. The van der Waals surface area contributed by atoms with Gasteiger partial charge in [0.05, 0.1) is 5.69 Å². The zero-order valence-corrected chi connectivity index (χ0v) is 17.2. The highest BCUT2D eigenvalue weighted by molar-refractivity contribution is 5.98. The van der Waals surface area contributed by atoms with Gasteiger partial charge < -0.3 is 5.32 Å². The molecule has 0 atom stereocenters. The van der Waals surface area contributed by atoms with Gasteiger partial charge in [0.2, 0.25) is 0 Å². The zero-order chi connectivity index (χ0) is 24.7. The van der Waals surface area contributed by atoms with Crippen molar-refractivity contribution in [3.8, 4) is 5.69 Å². The van der Waals surface area contributed by atoms with Crippen LogP contribution in [0.2, 0.25) is 0 Å². The van der Waals surface area contributed by atoms with Crippen molar-refractivity contribution in [1.82, 2.24) is 9.55 Å². The maximum Gasteiger partial charge on any atom is 0.427 e. The Morgan fingerprint density at radius 3 is 1.94 bits per heavy atom. The number of aryl methyl sites for hydroxylation is 1. The molecule has 0 bridgehead atoms. The maximum atomic E-state index is 14.2. The number of aromatic nitrogens is 2. The standard InChI is InChI=1S/C22H16F6N4O2/c23-21(24,25)20(22(26,27)28)16-17(29-15(31-20)12-11-13-7-3-1-4-8-13)32(19(34)30-18(16)33)14-9-5-2-6-10-14/h1-10H,11-12H2,(H,29,31)(H,30,33,34). The van der Waals surface area contributed by atoms with Gasteiger partial charge in [-0.2, -0.15) is 26.3 Å². The summed E-state index contributed by atoms with van der Waals surface area (Å²) in [6, 6.07) is 15.4. The summed E-state index contributed by atoms with van der Waals surface area (Å²) in [4.78, 5) is 29.7. The Morgan fingerprint density at radius 1 is 0.824 bits per heavy atom. The van der Waals surface area contributed by atoms with Crippen molar-refractivity contribution in [1.29, 1.82) is 0 Å². The molecule has 1 aliphatic rings. The summed E-state index contributed by atoms with van der Waals surface area (Å²) < 4.78 is 85.9. The number of amidine groups is 1. The fourth-order valence-electron chi connectivity index (χ4n) is 3.83. The monoisotopic (exact) mass is 482 g/mol. The third kappa shape index (κ3) is 3.78. The highest BCUT2D eigenvalue weighted by Gasteiger charge is 2.75. The largest absolute Gasteiger partial charge is 0.427 e. The van der Waals surface area contributed by atoms with Crippen molar-refractivity contribution >= 4 is 11.7 Å². The minimum atomic E-state index is -6.04. The van der Waals surface area contributed by atoms with E-state index < -0.39 is 46.4 Å². The second-order valence-corrected chi connectivity index (χ2v) is 7.53. The summed E-state index contributed by atoms with van der Waals surface area (Å²) in [5.74, 6) is -1.60. The number of hydrogen-bond donors (Lipinski definition) is 2. The highest BCUT2D eigenvalue weighted by atomic mass is 19.4. The predicted molar refractivity (Wildman–Crippen MR) is 112 cm³/mol. The number of halogens is 6. The summed E-state index contributed by atoms with van der Waals surface area (Å²) in [5.41, 5.74) is -9.06. The van der Waals surface area contributed by atoms with E-state index in [1.807, 2.05) is 0 Å². The molecule has 2 aromatic carbocycles. The molecular formula is C22H16F6N4O2. The van der Waals surface area contributed by atoms with E-state index in [0.29, 0.717) is 10.1 Å². The van der Waals surface area contributed by atoms with Crippen LogP contribution in [0, 0.1) is 0 Å². The number of H-pyrrole nitrogens is 1. The quantitative estimate of drug-likeness (QED) is 0.545. The number of nitrogens with one attached hydrogen (secondary N) is 2. The fourth-order valence-corrected chi connectivity index (χ4v) is 3.83. The minimum Gasteiger partial charge on any atom is -0.329 e. The van der Waals surface area contributed by atoms with Gasteiger partial charge in [0.15, 0.2) is 0 Å². The molecule has 34 heavy (non-hydrogen) atoms. The third-order valence-electron chi connectivity index (χ3n) is 5.37. The Kier molecular flexibility index (Phi) is 5.62. The number of fused-ring (bicyclic) bond motifs is 1. The van der Waals surface area contributed by atoms with Crippen molar-refractivity contribution in [3.63, 3.8) is 0 Å². The lowest BCUT2D eigenvalue weighted by Gasteiger charge is -2.38. The number of alkyl halides is 6. The Bertz CT molecular complexity index is 1330. The molecule has 4 rings (SSSR count). The normalized spacial score (nSPS) is 15.3. The van der Waals surface area contributed by atoms with E-state index in [0.717, 1.165) is 0 Å². The van der Waals surface area contributed by atoms with Crippen LogP contribution in [0.15, 0.2) is 75.2 Å². The molecule has 0 amide bonds. The molecule has 0 radical (unpaired) electrons. The average Bonchev–Trinajstić information content (AvgIpc) is 2.77. The number of aliphatic imine (C=N–C) groups is 1. The summed E-state index contributed by atoms with van der Waals surface area (Å²) in [7, 11) is 0. The Labute approximate surface area is 187 Å².